The van der Waals surface area contributed by atoms with E-state index >= 15 is 0 Å². The summed E-state index contributed by atoms with van der Waals surface area (Å²) >= 11 is 0. The first-order chi connectivity index (χ1) is 16.9. The number of hydrogen-bond acceptors (Lipinski definition) is 4. The molecule has 186 valence electrons. The van der Waals surface area contributed by atoms with Crippen molar-refractivity contribution in [2.24, 2.45) is 0 Å². The van der Waals surface area contributed by atoms with Crippen LogP contribution in [0.15, 0.2) is 83.8 Å². The first-order valence-corrected chi connectivity index (χ1v) is 13.9. The number of hydrogen-bond donors (Lipinski definition) is 1. The molecule has 0 amide bonds. The predicted octanol–water partition coefficient (Wildman–Crippen LogP) is 6.30. The van der Waals surface area contributed by atoms with E-state index in [1.54, 1.807) is 48.5 Å². The van der Waals surface area contributed by atoms with E-state index in [-0.39, 0.29) is 10.7 Å². The first-order valence-electron chi connectivity index (χ1n) is 12.4. The van der Waals surface area contributed by atoms with Crippen molar-refractivity contribution in [1.82, 2.24) is 4.72 Å². The van der Waals surface area contributed by atoms with Gasteiger partial charge < -0.3 is 4.90 Å². The molecule has 0 spiro atoms. The molecule has 6 heteroatoms. The highest BCUT2D eigenvalue weighted by Gasteiger charge is 2.28. The number of anilines is 1. The minimum Gasteiger partial charge on any atom is -0.372 e. The molecule has 3 rings (SSSR count). The quantitative estimate of drug-likeness (QED) is 0.284. The van der Waals surface area contributed by atoms with E-state index in [1.165, 1.54) is 0 Å². The summed E-state index contributed by atoms with van der Waals surface area (Å²) in [4.78, 5) is 16.0. The second kappa shape index (κ2) is 12.7. The van der Waals surface area contributed by atoms with Crippen LogP contribution in [0.1, 0.15) is 67.1 Å². The van der Waals surface area contributed by atoms with Crippen LogP contribution in [0.5, 0.6) is 0 Å². The Morgan fingerprint density at radius 2 is 1.40 bits per heavy atom. The number of carbonyl (C=O) groups is 1. The Bertz CT molecular complexity index is 1170. The maximum absolute atomic E-state index is 13.5. The molecule has 0 saturated heterocycles. The highest BCUT2D eigenvalue weighted by molar-refractivity contribution is 7.89. The van der Waals surface area contributed by atoms with Crippen molar-refractivity contribution in [3.63, 3.8) is 0 Å². The average molecular weight is 493 g/mol. The topological polar surface area (TPSA) is 66.5 Å². The lowest BCUT2D eigenvalue weighted by Gasteiger charge is -2.25. The monoisotopic (exact) mass is 492 g/mol. The number of benzene rings is 3. The van der Waals surface area contributed by atoms with Crippen LogP contribution < -0.4 is 9.62 Å². The van der Waals surface area contributed by atoms with Gasteiger partial charge in [0.1, 0.15) is 6.04 Å². The molecule has 0 saturated carbocycles. The van der Waals surface area contributed by atoms with E-state index in [4.69, 9.17) is 0 Å². The second-order valence-corrected chi connectivity index (χ2v) is 10.6. The van der Waals surface area contributed by atoms with Gasteiger partial charge in [0, 0.05) is 24.3 Å². The average Bonchev–Trinajstić information content (AvgIpc) is 2.88. The Morgan fingerprint density at radius 3 is 1.94 bits per heavy atom. The molecule has 0 radical (unpaired) electrons. The lowest BCUT2D eigenvalue weighted by molar-refractivity contribution is 0.0953. The number of ketones is 1. The van der Waals surface area contributed by atoms with Crippen molar-refractivity contribution in [1.29, 1.82) is 0 Å². The summed E-state index contributed by atoms with van der Waals surface area (Å²) in [7, 11) is -3.91. The van der Waals surface area contributed by atoms with Gasteiger partial charge in [0.25, 0.3) is 0 Å². The third kappa shape index (κ3) is 7.26. The summed E-state index contributed by atoms with van der Waals surface area (Å²) < 4.78 is 29.1. The van der Waals surface area contributed by atoms with Crippen molar-refractivity contribution < 1.29 is 13.2 Å². The SMILES string of the molecule is CCCCN(CCCC)c1ccc(C(NS(=O)(=O)c2ccc(C)cc2)C(=O)c2ccccc2)cc1. The van der Waals surface area contributed by atoms with E-state index in [0.717, 1.165) is 50.0 Å². The lowest BCUT2D eigenvalue weighted by atomic mass is 9.98. The van der Waals surface area contributed by atoms with Crippen molar-refractivity contribution in [2.45, 2.75) is 57.4 Å². The van der Waals surface area contributed by atoms with Gasteiger partial charge in [-0.2, -0.15) is 4.72 Å². The maximum Gasteiger partial charge on any atom is 0.241 e. The lowest BCUT2D eigenvalue weighted by Crippen LogP contribution is -2.34. The molecule has 1 atom stereocenters. The fourth-order valence-electron chi connectivity index (χ4n) is 3.93. The number of unbranched alkanes of at least 4 members (excludes halogenated alkanes) is 2. The van der Waals surface area contributed by atoms with Gasteiger partial charge in [-0.15, -0.1) is 0 Å². The van der Waals surface area contributed by atoms with Gasteiger partial charge in [0.2, 0.25) is 10.0 Å². The summed E-state index contributed by atoms with van der Waals surface area (Å²) in [5, 5.41) is 0. The molecule has 5 nitrogen and oxygen atoms in total. The minimum atomic E-state index is -3.91. The molecule has 0 aliphatic carbocycles. The zero-order valence-electron chi connectivity index (χ0n) is 20.9. The third-order valence-corrected chi connectivity index (χ3v) is 7.52. The number of nitrogens with zero attached hydrogens (tertiary/aromatic N) is 1. The highest BCUT2D eigenvalue weighted by Crippen LogP contribution is 2.25. The molecule has 0 aromatic heterocycles. The molecule has 0 fully saturated rings. The van der Waals surface area contributed by atoms with Crippen LogP contribution in [-0.4, -0.2) is 27.3 Å². The third-order valence-electron chi connectivity index (χ3n) is 6.08. The van der Waals surface area contributed by atoms with Gasteiger partial charge in [-0.3, -0.25) is 4.79 Å². The van der Waals surface area contributed by atoms with Gasteiger partial charge in [-0.1, -0.05) is 86.8 Å². The Balaban J connectivity index is 1.94. The Morgan fingerprint density at radius 1 is 0.829 bits per heavy atom. The Labute approximate surface area is 210 Å². The molecule has 1 unspecified atom stereocenters. The minimum absolute atomic E-state index is 0.135. The number of nitrogens with one attached hydrogen (secondary N) is 1. The van der Waals surface area contributed by atoms with Crippen LogP contribution in [0, 0.1) is 6.92 Å². The number of carbonyl (C=O) groups excluding carboxylic acids is 1. The highest BCUT2D eigenvalue weighted by atomic mass is 32.2. The zero-order chi connectivity index (χ0) is 25.3. The van der Waals surface area contributed by atoms with Gasteiger partial charge >= 0.3 is 0 Å². The molecule has 3 aromatic rings. The fourth-order valence-corrected chi connectivity index (χ4v) is 5.11. The van der Waals surface area contributed by atoms with Crippen molar-refractivity contribution >= 4 is 21.5 Å². The van der Waals surface area contributed by atoms with Gasteiger partial charge in [0.15, 0.2) is 5.78 Å². The predicted molar refractivity (Wildman–Crippen MR) is 143 cm³/mol. The smallest absolute Gasteiger partial charge is 0.241 e. The summed E-state index contributed by atoms with van der Waals surface area (Å²) in [5.41, 5.74) is 3.13. The molecule has 1 N–H and O–H groups in total. The molecule has 0 aliphatic heterocycles. The molecular formula is C29H36N2O3S. The molecule has 35 heavy (non-hydrogen) atoms. The van der Waals surface area contributed by atoms with Gasteiger partial charge in [-0.05, 0) is 49.6 Å². The second-order valence-electron chi connectivity index (χ2n) is 8.88. The molecule has 0 heterocycles. The zero-order valence-corrected chi connectivity index (χ0v) is 21.7. The van der Waals surface area contributed by atoms with E-state index in [9.17, 15) is 13.2 Å². The summed E-state index contributed by atoms with van der Waals surface area (Å²) in [6.45, 7) is 8.21. The van der Waals surface area contributed by atoms with E-state index in [1.807, 2.05) is 37.3 Å². The van der Waals surface area contributed by atoms with Crippen molar-refractivity contribution in [3.05, 3.63) is 95.6 Å². The summed E-state index contributed by atoms with van der Waals surface area (Å²) in [5.74, 6) is -0.289. The Hall–Kier alpha value is -2.96. The number of rotatable bonds is 13. The number of Topliss-reactive ketones (excluding diaryl/α,β-unsaturated/α-hetero) is 1. The first kappa shape index (κ1) is 26.6. The van der Waals surface area contributed by atoms with Gasteiger partial charge in [0.05, 0.1) is 4.90 Å². The fraction of sp³-hybridized carbons (Fsp3) is 0.345. The van der Waals surface area contributed by atoms with Gasteiger partial charge in [-0.25, -0.2) is 8.42 Å². The maximum atomic E-state index is 13.5. The standard InChI is InChI=1S/C29H36N2O3S/c1-4-6-21-31(22-7-5-2)26-17-15-24(16-18-26)28(29(32)25-11-9-8-10-12-25)30-35(33,34)27-19-13-23(3)14-20-27/h8-20,28,30H,4-7,21-22H2,1-3H3. The van der Waals surface area contributed by atoms with Crippen LogP contribution >= 0.6 is 0 Å². The molecule has 3 aromatic carbocycles. The molecular weight excluding hydrogens is 456 g/mol. The van der Waals surface area contributed by atoms with E-state index in [0.29, 0.717) is 11.1 Å². The summed E-state index contributed by atoms with van der Waals surface area (Å²) in [6, 6.07) is 22.1. The van der Waals surface area contributed by atoms with Crippen molar-refractivity contribution in [2.75, 3.05) is 18.0 Å². The number of aryl methyl sites for hydroxylation is 1. The number of sulfonamides is 1. The van der Waals surface area contributed by atoms with Crippen LogP contribution in [0.3, 0.4) is 0 Å². The molecule has 0 bridgehead atoms. The van der Waals surface area contributed by atoms with Crippen LogP contribution in [0.25, 0.3) is 0 Å². The van der Waals surface area contributed by atoms with Crippen LogP contribution in [0.2, 0.25) is 0 Å². The normalized spacial score (nSPS) is 12.3. The Kier molecular flexibility index (Phi) is 9.64. The summed E-state index contributed by atoms with van der Waals surface area (Å²) in [6.07, 6.45) is 4.46. The largest absolute Gasteiger partial charge is 0.372 e. The van der Waals surface area contributed by atoms with E-state index < -0.39 is 16.1 Å². The van der Waals surface area contributed by atoms with Crippen LogP contribution in [0.4, 0.5) is 5.69 Å². The van der Waals surface area contributed by atoms with Crippen LogP contribution in [-0.2, 0) is 10.0 Å². The van der Waals surface area contributed by atoms with E-state index in [2.05, 4.69) is 23.5 Å². The van der Waals surface area contributed by atoms with Crippen molar-refractivity contribution in [3.8, 4) is 0 Å². The molecule has 0 aliphatic rings.